The Kier molecular flexibility index (Phi) is 1.46. The smallest absolute Gasteiger partial charge is 0.277 e. The Morgan fingerprint density at radius 1 is 1.40 bits per heavy atom. The summed E-state index contributed by atoms with van der Waals surface area (Å²) in [6.07, 6.45) is -1.86. The van der Waals surface area contributed by atoms with Gasteiger partial charge in [-0.1, -0.05) is 0 Å². The predicted molar refractivity (Wildman–Crippen MR) is 27.2 cm³/mol. The third-order valence-corrected chi connectivity index (χ3v) is 1.47. The van der Waals surface area contributed by atoms with Gasteiger partial charge in [0.05, 0.1) is 6.54 Å². The minimum absolute atomic E-state index is 0.707. The van der Waals surface area contributed by atoms with Crippen LogP contribution in [0.2, 0.25) is 0 Å². The summed E-state index contributed by atoms with van der Waals surface area (Å²) in [5, 5.41) is 36.2. The molecule has 60 valence electrons. The molecule has 5 N–H and O–H groups in total. The lowest BCUT2D eigenvalue weighted by molar-refractivity contribution is -0.329. The third kappa shape index (κ3) is 0.815. The molecule has 1 heterocycles. The molecule has 0 aromatic rings. The normalized spacial score (nSPS) is 45.9. The quantitative estimate of drug-likeness (QED) is 0.243. The van der Waals surface area contributed by atoms with E-state index in [1.165, 1.54) is 0 Å². The number of β-amino-alcohol motifs (C(OH)–C–C–N with tert-alkyl or cyclic N) is 1. The van der Waals surface area contributed by atoms with Crippen LogP contribution in [0.1, 0.15) is 0 Å². The van der Waals surface area contributed by atoms with Crippen molar-refractivity contribution in [1.29, 1.82) is 0 Å². The first kappa shape index (κ1) is 7.83. The van der Waals surface area contributed by atoms with Crippen LogP contribution in [0.25, 0.3) is 0 Å². The van der Waals surface area contributed by atoms with Crippen molar-refractivity contribution in [2.45, 2.75) is 17.9 Å². The molecule has 6 heteroatoms. The van der Waals surface area contributed by atoms with E-state index in [1.807, 2.05) is 5.32 Å². The van der Waals surface area contributed by atoms with Gasteiger partial charge in [0.1, 0.15) is 0 Å². The Balaban J connectivity index is 2.84. The average molecular weight is 153 g/mol. The van der Waals surface area contributed by atoms with Crippen molar-refractivity contribution in [1.82, 2.24) is 5.32 Å². The highest BCUT2D eigenvalue weighted by molar-refractivity contribution is 4.96. The van der Waals surface area contributed by atoms with Gasteiger partial charge in [-0.2, -0.15) is 0 Å². The van der Waals surface area contributed by atoms with Crippen LogP contribution in [0, 0.1) is 0 Å². The van der Waals surface area contributed by atoms with Gasteiger partial charge in [-0.3, -0.25) is 5.32 Å². The van der Waals surface area contributed by atoms with E-state index in [9.17, 15) is 4.39 Å². The first-order valence-corrected chi connectivity index (χ1v) is 2.65. The fourth-order valence-electron chi connectivity index (χ4n) is 0.714. The Labute approximate surface area is 55.7 Å². The zero-order valence-corrected chi connectivity index (χ0v) is 4.95. The zero-order chi connectivity index (χ0) is 7.99. The molecule has 0 radical (unpaired) electrons. The van der Waals surface area contributed by atoms with E-state index in [4.69, 9.17) is 20.4 Å². The van der Waals surface area contributed by atoms with E-state index in [0.717, 1.165) is 0 Å². The molecule has 0 aliphatic carbocycles. The summed E-state index contributed by atoms with van der Waals surface area (Å²) >= 11 is 0. The molecule has 0 amide bonds. The topological polar surface area (TPSA) is 93.0 Å². The molecule has 1 fully saturated rings. The lowest BCUT2D eigenvalue weighted by Crippen LogP contribution is -2.54. The number of hydrogen-bond acceptors (Lipinski definition) is 5. The van der Waals surface area contributed by atoms with Crippen molar-refractivity contribution in [2.75, 3.05) is 6.54 Å². The van der Waals surface area contributed by atoms with Gasteiger partial charge in [0.2, 0.25) is 0 Å². The number of hydrogen-bond donors (Lipinski definition) is 5. The van der Waals surface area contributed by atoms with Crippen LogP contribution < -0.4 is 5.32 Å². The maximum absolute atomic E-state index is 12.5. The van der Waals surface area contributed by atoms with Crippen molar-refractivity contribution in [2.24, 2.45) is 0 Å². The Morgan fingerprint density at radius 2 is 1.90 bits per heavy atom. The lowest BCUT2D eigenvalue weighted by Gasteiger charge is -2.26. The molecule has 2 atom stereocenters. The minimum atomic E-state index is -3.19. The van der Waals surface area contributed by atoms with Gasteiger partial charge >= 0.3 is 0 Å². The van der Waals surface area contributed by atoms with Gasteiger partial charge in [0.15, 0.2) is 6.23 Å². The van der Waals surface area contributed by atoms with Crippen LogP contribution >= 0.6 is 0 Å². The summed E-state index contributed by atoms with van der Waals surface area (Å²) < 4.78 is 12.5. The van der Waals surface area contributed by atoms with Crippen molar-refractivity contribution in [3.63, 3.8) is 0 Å². The highest BCUT2D eigenvalue weighted by Crippen LogP contribution is 2.28. The Hall–Kier alpha value is -0.270. The number of rotatable bonds is 0. The molecule has 1 rings (SSSR count). The van der Waals surface area contributed by atoms with Crippen molar-refractivity contribution in [3.05, 3.63) is 0 Å². The maximum Gasteiger partial charge on any atom is 0.277 e. The molecular weight excluding hydrogens is 145 g/mol. The van der Waals surface area contributed by atoms with Crippen molar-refractivity contribution >= 4 is 0 Å². The van der Waals surface area contributed by atoms with Gasteiger partial charge < -0.3 is 20.4 Å². The second kappa shape index (κ2) is 1.86. The number of aliphatic hydroxyl groups excluding tert-OH is 1. The number of aliphatic hydroxyl groups is 4. The second-order valence-electron chi connectivity index (χ2n) is 2.27. The van der Waals surface area contributed by atoms with Crippen LogP contribution in [-0.2, 0) is 0 Å². The highest BCUT2D eigenvalue weighted by atomic mass is 19.2. The van der Waals surface area contributed by atoms with Crippen molar-refractivity contribution < 1.29 is 24.8 Å². The molecule has 0 saturated carbocycles. The second-order valence-corrected chi connectivity index (χ2v) is 2.27. The van der Waals surface area contributed by atoms with Gasteiger partial charge in [0.25, 0.3) is 11.6 Å². The summed E-state index contributed by atoms with van der Waals surface area (Å²) in [6, 6.07) is 0. The molecule has 0 bridgehead atoms. The molecule has 0 aromatic carbocycles. The first-order chi connectivity index (χ1) is 4.38. The van der Waals surface area contributed by atoms with E-state index in [-0.39, 0.29) is 0 Å². The fourth-order valence-corrected chi connectivity index (χ4v) is 0.714. The van der Waals surface area contributed by atoms with E-state index in [2.05, 4.69) is 0 Å². The number of halogens is 1. The molecular formula is C4H8FNO4. The average Bonchev–Trinajstić information content (AvgIpc) is 1.94. The standard InChI is InChI=1S/C4H8FNO4/c5-3(8)1-6-2(7)4(3,9)10/h2,6-10H,1H2. The van der Waals surface area contributed by atoms with Gasteiger partial charge in [0, 0.05) is 0 Å². The lowest BCUT2D eigenvalue weighted by atomic mass is 10.1. The molecule has 5 nitrogen and oxygen atoms in total. The monoisotopic (exact) mass is 153 g/mol. The van der Waals surface area contributed by atoms with Crippen LogP contribution in [-0.4, -0.2) is 44.8 Å². The zero-order valence-electron chi connectivity index (χ0n) is 4.95. The van der Waals surface area contributed by atoms with E-state index < -0.39 is 24.4 Å². The SMILES string of the molecule is OC1NCC(O)(F)C1(O)O. The molecule has 1 aliphatic heterocycles. The molecule has 1 saturated heterocycles. The maximum atomic E-state index is 12.5. The van der Waals surface area contributed by atoms with E-state index in [0.29, 0.717) is 0 Å². The van der Waals surface area contributed by atoms with Crippen LogP contribution in [0.3, 0.4) is 0 Å². The summed E-state index contributed by atoms with van der Waals surface area (Å²) in [5.41, 5.74) is 0. The van der Waals surface area contributed by atoms with Crippen LogP contribution in [0.15, 0.2) is 0 Å². The van der Waals surface area contributed by atoms with Crippen LogP contribution in [0.5, 0.6) is 0 Å². The van der Waals surface area contributed by atoms with E-state index in [1.54, 1.807) is 0 Å². The minimum Gasteiger partial charge on any atom is -0.373 e. The highest BCUT2D eigenvalue weighted by Gasteiger charge is 2.59. The number of nitrogens with one attached hydrogen (secondary N) is 1. The fraction of sp³-hybridized carbons (Fsp3) is 1.00. The molecule has 1 aliphatic rings. The summed E-state index contributed by atoms with van der Waals surface area (Å²) in [6.45, 7) is -0.707. The van der Waals surface area contributed by atoms with Crippen molar-refractivity contribution in [3.8, 4) is 0 Å². The van der Waals surface area contributed by atoms with Gasteiger partial charge in [-0.05, 0) is 0 Å². The van der Waals surface area contributed by atoms with E-state index >= 15 is 0 Å². The molecule has 0 aromatic heterocycles. The summed E-state index contributed by atoms with van der Waals surface area (Å²) in [5.74, 6) is -6.31. The molecule has 2 unspecified atom stereocenters. The van der Waals surface area contributed by atoms with Crippen LogP contribution in [0.4, 0.5) is 4.39 Å². The first-order valence-electron chi connectivity index (χ1n) is 2.65. The summed E-state index contributed by atoms with van der Waals surface area (Å²) in [4.78, 5) is 0. The Bertz CT molecular complexity index is 148. The van der Waals surface area contributed by atoms with Gasteiger partial charge in [-0.15, -0.1) is 0 Å². The largest absolute Gasteiger partial charge is 0.373 e. The molecule has 0 spiro atoms. The Morgan fingerprint density at radius 3 is 2.00 bits per heavy atom. The predicted octanol–water partition coefficient (Wildman–Crippen LogP) is -2.75. The number of alkyl halides is 1. The summed E-state index contributed by atoms with van der Waals surface area (Å²) in [7, 11) is 0. The molecule has 10 heavy (non-hydrogen) atoms. The third-order valence-electron chi connectivity index (χ3n) is 1.47. The van der Waals surface area contributed by atoms with Gasteiger partial charge in [-0.25, -0.2) is 4.39 Å².